The number of aromatic nitrogens is 2. The molecule has 20 heavy (non-hydrogen) atoms. The second kappa shape index (κ2) is 6.70. The van der Waals surface area contributed by atoms with Crippen LogP contribution in [0.25, 0.3) is 0 Å². The molecule has 0 aliphatic heterocycles. The van der Waals surface area contributed by atoms with Crippen LogP contribution in [0.2, 0.25) is 0 Å². The summed E-state index contributed by atoms with van der Waals surface area (Å²) in [7, 11) is 0. The normalized spacial score (nSPS) is 10.4. The molecule has 0 bridgehead atoms. The first-order valence-electron chi connectivity index (χ1n) is 6.46. The fourth-order valence-electron chi connectivity index (χ4n) is 1.94. The van der Waals surface area contributed by atoms with Crippen LogP contribution in [0.3, 0.4) is 0 Å². The number of carbonyl (C=O) groups is 1. The van der Waals surface area contributed by atoms with E-state index in [-0.39, 0.29) is 6.42 Å². The lowest BCUT2D eigenvalue weighted by molar-refractivity contribution is -0.137. The SMILES string of the molecule is Cc1nc(CN(CCCC(=O)O)c2ccccc2)no1. The van der Waals surface area contributed by atoms with Crippen LogP contribution in [0.4, 0.5) is 5.69 Å². The first kappa shape index (κ1) is 14.0. The average Bonchev–Trinajstić information content (AvgIpc) is 2.84. The molecule has 2 aromatic rings. The maximum absolute atomic E-state index is 10.6. The smallest absolute Gasteiger partial charge is 0.303 e. The van der Waals surface area contributed by atoms with Crippen molar-refractivity contribution in [2.75, 3.05) is 11.4 Å². The maximum atomic E-state index is 10.6. The second-order valence-electron chi connectivity index (χ2n) is 4.48. The molecule has 1 heterocycles. The summed E-state index contributed by atoms with van der Waals surface area (Å²) in [6.07, 6.45) is 0.718. The number of hydrogen-bond acceptors (Lipinski definition) is 5. The van der Waals surface area contributed by atoms with E-state index in [0.29, 0.717) is 31.2 Å². The van der Waals surface area contributed by atoms with Gasteiger partial charge in [-0.2, -0.15) is 4.98 Å². The van der Waals surface area contributed by atoms with Crippen molar-refractivity contribution in [2.24, 2.45) is 0 Å². The van der Waals surface area contributed by atoms with E-state index in [1.54, 1.807) is 6.92 Å². The maximum Gasteiger partial charge on any atom is 0.303 e. The van der Waals surface area contributed by atoms with Gasteiger partial charge in [-0.05, 0) is 18.6 Å². The van der Waals surface area contributed by atoms with Gasteiger partial charge in [-0.1, -0.05) is 23.4 Å². The molecule has 0 unspecified atom stereocenters. The molecule has 0 fully saturated rings. The number of aliphatic carboxylic acids is 1. The molecule has 1 aromatic carbocycles. The molecule has 0 spiro atoms. The Kier molecular flexibility index (Phi) is 4.70. The summed E-state index contributed by atoms with van der Waals surface area (Å²) >= 11 is 0. The van der Waals surface area contributed by atoms with Crippen LogP contribution in [0.1, 0.15) is 24.6 Å². The van der Waals surface area contributed by atoms with Crippen molar-refractivity contribution in [3.8, 4) is 0 Å². The highest BCUT2D eigenvalue weighted by Gasteiger charge is 2.11. The van der Waals surface area contributed by atoms with E-state index in [4.69, 9.17) is 9.63 Å². The monoisotopic (exact) mass is 275 g/mol. The van der Waals surface area contributed by atoms with Crippen LogP contribution in [-0.2, 0) is 11.3 Å². The van der Waals surface area contributed by atoms with Crippen molar-refractivity contribution in [1.29, 1.82) is 0 Å². The van der Waals surface area contributed by atoms with Gasteiger partial charge in [0.1, 0.15) is 0 Å². The molecular formula is C14H17N3O3. The number of benzene rings is 1. The van der Waals surface area contributed by atoms with Crippen molar-refractivity contribution in [3.63, 3.8) is 0 Å². The molecule has 1 N–H and O–H groups in total. The van der Waals surface area contributed by atoms with E-state index in [1.165, 1.54) is 0 Å². The number of rotatable bonds is 7. The topological polar surface area (TPSA) is 79.5 Å². The standard InChI is InChI=1S/C14H17N3O3/c1-11-15-13(16-20-11)10-17(9-5-8-14(18)19)12-6-3-2-4-7-12/h2-4,6-7H,5,8-10H2,1H3,(H,18,19). The molecule has 6 heteroatoms. The van der Waals surface area contributed by atoms with Crippen molar-refractivity contribution in [3.05, 3.63) is 42.0 Å². The molecule has 0 radical (unpaired) electrons. The van der Waals surface area contributed by atoms with Gasteiger partial charge in [-0.3, -0.25) is 4.79 Å². The average molecular weight is 275 g/mol. The first-order chi connectivity index (χ1) is 9.65. The van der Waals surface area contributed by atoms with Crippen LogP contribution in [0.15, 0.2) is 34.9 Å². The summed E-state index contributed by atoms with van der Waals surface area (Å²) in [5, 5.41) is 12.6. The molecule has 0 aliphatic rings. The lowest BCUT2D eigenvalue weighted by Gasteiger charge is -2.23. The molecule has 2 rings (SSSR count). The minimum atomic E-state index is -0.784. The van der Waals surface area contributed by atoms with Crippen LogP contribution in [0, 0.1) is 6.92 Å². The zero-order valence-corrected chi connectivity index (χ0v) is 11.3. The van der Waals surface area contributed by atoms with Gasteiger partial charge in [0.05, 0.1) is 6.54 Å². The number of aryl methyl sites for hydroxylation is 1. The molecule has 1 aromatic heterocycles. The first-order valence-corrected chi connectivity index (χ1v) is 6.46. The number of nitrogens with zero attached hydrogens (tertiary/aromatic N) is 3. The van der Waals surface area contributed by atoms with Gasteiger partial charge in [-0.25, -0.2) is 0 Å². The fourth-order valence-corrected chi connectivity index (χ4v) is 1.94. The largest absolute Gasteiger partial charge is 0.481 e. The Hall–Kier alpha value is -2.37. The summed E-state index contributed by atoms with van der Waals surface area (Å²) in [5.41, 5.74) is 1.01. The molecule has 0 aliphatic carbocycles. The molecule has 0 atom stereocenters. The van der Waals surface area contributed by atoms with Crippen molar-refractivity contribution in [2.45, 2.75) is 26.3 Å². The van der Waals surface area contributed by atoms with Gasteiger partial charge in [0.2, 0.25) is 5.89 Å². The summed E-state index contributed by atoms with van der Waals surface area (Å²) in [6.45, 7) is 2.87. The Labute approximate surface area is 117 Å². The Morgan fingerprint density at radius 1 is 1.35 bits per heavy atom. The third-order valence-electron chi connectivity index (χ3n) is 2.84. The number of para-hydroxylation sites is 1. The zero-order chi connectivity index (χ0) is 14.4. The molecule has 6 nitrogen and oxygen atoms in total. The quantitative estimate of drug-likeness (QED) is 0.834. The highest BCUT2D eigenvalue weighted by Crippen LogP contribution is 2.16. The molecule has 0 saturated carbocycles. The van der Waals surface area contributed by atoms with Crippen molar-refractivity contribution >= 4 is 11.7 Å². The van der Waals surface area contributed by atoms with Crippen LogP contribution in [-0.4, -0.2) is 27.8 Å². The second-order valence-corrected chi connectivity index (χ2v) is 4.48. The number of carboxylic acid groups (broad SMARTS) is 1. The summed E-state index contributed by atoms with van der Waals surface area (Å²) in [6, 6.07) is 9.79. The predicted molar refractivity (Wildman–Crippen MR) is 73.4 cm³/mol. The van der Waals surface area contributed by atoms with Gasteiger partial charge in [0.25, 0.3) is 0 Å². The summed E-state index contributed by atoms with van der Waals surface area (Å²) < 4.78 is 4.96. The Bertz CT molecular complexity index is 554. The van der Waals surface area contributed by atoms with E-state index in [2.05, 4.69) is 10.1 Å². The molecular weight excluding hydrogens is 258 g/mol. The fraction of sp³-hybridized carbons (Fsp3) is 0.357. The number of hydrogen-bond donors (Lipinski definition) is 1. The van der Waals surface area contributed by atoms with Crippen molar-refractivity contribution < 1.29 is 14.4 Å². The van der Waals surface area contributed by atoms with Crippen LogP contribution >= 0.6 is 0 Å². The molecule has 0 amide bonds. The van der Waals surface area contributed by atoms with Gasteiger partial charge < -0.3 is 14.5 Å². The van der Waals surface area contributed by atoms with Crippen molar-refractivity contribution in [1.82, 2.24) is 10.1 Å². The van der Waals surface area contributed by atoms with Crippen LogP contribution < -0.4 is 4.90 Å². The predicted octanol–water partition coefficient (Wildman–Crippen LogP) is 2.25. The number of anilines is 1. The van der Waals surface area contributed by atoms with E-state index in [0.717, 1.165) is 5.69 Å². The summed E-state index contributed by atoms with van der Waals surface area (Å²) in [5.74, 6) is 0.341. The summed E-state index contributed by atoms with van der Waals surface area (Å²) in [4.78, 5) is 16.9. The van der Waals surface area contributed by atoms with E-state index >= 15 is 0 Å². The van der Waals surface area contributed by atoms with Gasteiger partial charge in [0, 0.05) is 25.6 Å². The van der Waals surface area contributed by atoms with E-state index in [9.17, 15) is 4.79 Å². The minimum absolute atomic E-state index is 0.147. The lowest BCUT2D eigenvalue weighted by Crippen LogP contribution is -2.25. The molecule has 106 valence electrons. The zero-order valence-electron chi connectivity index (χ0n) is 11.3. The molecule has 0 saturated heterocycles. The van der Waals surface area contributed by atoms with Crippen LogP contribution in [0.5, 0.6) is 0 Å². The minimum Gasteiger partial charge on any atom is -0.481 e. The highest BCUT2D eigenvalue weighted by atomic mass is 16.5. The van der Waals surface area contributed by atoms with E-state index in [1.807, 2.05) is 35.2 Å². The lowest BCUT2D eigenvalue weighted by atomic mass is 10.2. The van der Waals surface area contributed by atoms with Gasteiger partial charge in [-0.15, -0.1) is 0 Å². The Balaban J connectivity index is 2.05. The Morgan fingerprint density at radius 3 is 2.70 bits per heavy atom. The van der Waals surface area contributed by atoms with Gasteiger partial charge >= 0.3 is 5.97 Å². The van der Waals surface area contributed by atoms with Gasteiger partial charge in [0.15, 0.2) is 5.82 Å². The van der Waals surface area contributed by atoms with E-state index < -0.39 is 5.97 Å². The number of carboxylic acids is 1. The third-order valence-corrected chi connectivity index (χ3v) is 2.84. The Morgan fingerprint density at radius 2 is 2.10 bits per heavy atom. The third kappa shape index (κ3) is 4.08. The highest BCUT2D eigenvalue weighted by molar-refractivity contribution is 5.66.